The van der Waals surface area contributed by atoms with E-state index in [0.717, 1.165) is 0 Å². The minimum atomic E-state index is -1.29. The minimum absolute atomic E-state index is 0. The van der Waals surface area contributed by atoms with Gasteiger partial charge < -0.3 is 30.5 Å². The molecule has 0 atom stereocenters. The Balaban J connectivity index is 0.00000272. The maximum Gasteiger partial charge on any atom is 0.300 e. The van der Waals surface area contributed by atoms with Crippen molar-refractivity contribution >= 4 is 28.6 Å². The van der Waals surface area contributed by atoms with Crippen molar-refractivity contribution in [2.45, 2.75) is 6.92 Å². The van der Waals surface area contributed by atoms with E-state index in [4.69, 9.17) is 21.1 Å². The summed E-state index contributed by atoms with van der Waals surface area (Å²) >= 11 is 6.37. The number of hydrogen-bond donors (Lipinski definition) is 2. The number of nitrogens with zero attached hydrogens (tertiary/aromatic N) is 1. The van der Waals surface area contributed by atoms with Crippen molar-refractivity contribution in [3.63, 3.8) is 0 Å². The monoisotopic (exact) mass is 443 g/mol. The van der Waals surface area contributed by atoms with E-state index in [1.54, 1.807) is 43.3 Å². The Morgan fingerprint density at radius 2 is 1.84 bits per heavy atom. The molecule has 1 aromatic heterocycles. The number of rotatable bonds is 5. The van der Waals surface area contributed by atoms with Crippen LogP contribution in [0, 0.1) is 12.7 Å². The van der Waals surface area contributed by atoms with Crippen molar-refractivity contribution in [2.24, 2.45) is 0 Å². The lowest BCUT2D eigenvalue weighted by Crippen LogP contribution is -2.23. The number of carboxylic acid groups (broad SMARTS) is 1. The average Bonchev–Trinajstić information content (AvgIpc) is 3.09. The molecular weight excluding hydrogens is 425 g/mol. The van der Waals surface area contributed by atoms with Crippen molar-refractivity contribution in [1.82, 2.24) is 16.1 Å². The molecule has 0 unspecified atom stereocenters. The van der Waals surface area contributed by atoms with Gasteiger partial charge in [-0.05, 0) is 48.9 Å². The van der Waals surface area contributed by atoms with Gasteiger partial charge in [0.2, 0.25) is 0 Å². The number of aromatic nitrogens is 2. The summed E-state index contributed by atoms with van der Waals surface area (Å²) in [6.07, 6.45) is 0. The first-order valence-corrected chi connectivity index (χ1v) is 9.26. The van der Waals surface area contributed by atoms with Crippen LogP contribution in [-0.2, 0) is 0 Å². The molecule has 31 heavy (non-hydrogen) atoms. The van der Waals surface area contributed by atoms with E-state index in [2.05, 4.69) is 9.97 Å². The summed E-state index contributed by atoms with van der Waals surface area (Å²) in [6, 6.07) is 12.5. The second kappa shape index (κ2) is 8.63. The maximum atomic E-state index is 14.5. The molecule has 0 amide bonds. The molecule has 4 rings (SSSR count). The molecule has 0 saturated carbocycles. The van der Waals surface area contributed by atoms with E-state index in [1.807, 2.05) is 0 Å². The molecule has 0 aliphatic rings. The molecule has 0 radical (unpaired) electrons. The molecular formula is C22H19ClFN3O4. The first kappa shape index (κ1) is 22.1. The Hall–Kier alpha value is -3.62. The number of halogens is 2. The zero-order valence-corrected chi connectivity index (χ0v) is 17.7. The number of H-pyrrole nitrogens is 1. The SMILES string of the molecule is COc1ccc(-c2cc3nc(Oc4ccc(C)c(C(=O)[O-])c4)[nH]c3cc2Cl)c(F)c1.[NH4+]. The van der Waals surface area contributed by atoms with E-state index >= 15 is 0 Å². The van der Waals surface area contributed by atoms with Crippen molar-refractivity contribution < 1.29 is 23.8 Å². The van der Waals surface area contributed by atoms with E-state index in [0.29, 0.717) is 38.5 Å². The molecule has 3 aromatic carbocycles. The summed E-state index contributed by atoms with van der Waals surface area (Å²) in [7, 11) is 1.46. The predicted molar refractivity (Wildman–Crippen MR) is 115 cm³/mol. The molecule has 0 fully saturated rings. The molecule has 5 N–H and O–H groups in total. The highest BCUT2D eigenvalue weighted by Gasteiger charge is 2.14. The third-order valence-corrected chi connectivity index (χ3v) is 4.97. The highest BCUT2D eigenvalue weighted by molar-refractivity contribution is 6.34. The van der Waals surface area contributed by atoms with Gasteiger partial charge in [-0.1, -0.05) is 17.7 Å². The molecule has 0 aliphatic heterocycles. The second-order valence-corrected chi connectivity index (χ2v) is 7.01. The van der Waals surface area contributed by atoms with Crippen LogP contribution in [0.5, 0.6) is 17.5 Å². The minimum Gasteiger partial charge on any atom is -0.545 e. The molecule has 0 bridgehead atoms. The van der Waals surface area contributed by atoms with Crippen molar-refractivity contribution in [2.75, 3.05) is 7.11 Å². The lowest BCUT2D eigenvalue weighted by Gasteiger charge is -2.09. The first-order chi connectivity index (χ1) is 14.4. The molecule has 4 aromatic rings. The van der Waals surface area contributed by atoms with Crippen LogP contribution in [-0.4, -0.2) is 23.0 Å². The Bertz CT molecular complexity index is 1290. The van der Waals surface area contributed by atoms with Crippen LogP contribution in [0.4, 0.5) is 4.39 Å². The number of aromatic amines is 1. The van der Waals surface area contributed by atoms with E-state index in [9.17, 15) is 14.3 Å². The molecule has 0 aliphatic carbocycles. The van der Waals surface area contributed by atoms with E-state index in [1.165, 1.54) is 19.2 Å². The van der Waals surface area contributed by atoms with E-state index < -0.39 is 11.8 Å². The van der Waals surface area contributed by atoms with Crippen LogP contribution in [0.25, 0.3) is 22.2 Å². The molecule has 160 valence electrons. The zero-order chi connectivity index (χ0) is 21.4. The highest BCUT2D eigenvalue weighted by Crippen LogP contribution is 2.35. The number of carboxylic acids is 1. The number of aryl methyl sites for hydroxylation is 1. The Labute approximate surface area is 182 Å². The number of imidazole rings is 1. The van der Waals surface area contributed by atoms with Crippen molar-refractivity contribution in [3.05, 3.63) is 70.5 Å². The van der Waals surface area contributed by atoms with Gasteiger partial charge in [0.25, 0.3) is 6.01 Å². The number of methoxy groups -OCH3 is 1. The van der Waals surface area contributed by atoms with Crippen molar-refractivity contribution in [3.8, 4) is 28.6 Å². The van der Waals surface area contributed by atoms with Crippen LogP contribution in [0.15, 0.2) is 48.5 Å². The fourth-order valence-electron chi connectivity index (χ4n) is 3.10. The number of aromatic carboxylic acids is 1. The average molecular weight is 444 g/mol. The molecule has 1 heterocycles. The van der Waals surface area contributed by atoms with Gasteiger partial charge in [-0.15, -0.1) is 0 Å². The summed E-state index contributed by atoms with van der Waals surface area (Å²) in [4.78, 5) is 18.5. The van der Waals surface area contributed by atoms with Gasteiger partial charge in [-0.2, -0.15) is 4.98 Å². The van der Waals surface area contributed by atoms with Gasteiger partial charge in [0.05, 0.1) is 29.1 Å². The Morgan fingerprint density at radius 3 is 2.52 bits per heavy atom. The number of carbonyl (C=O) groups excluding carboxylic acids is 1. The highest BCUT2D eigenvalue weighted by atomic mass is 35.5. The van der Waals surface area contributed by atoms with Gasteiger partial charge in [0.1, 0.15) is 17.3 Å². The Morgan fingerprint density at radius 1 is 1.10 bits per heavy atom. The second-order valence-electron chi connectivity index (χ2n) is 6.60. The standard InChI is InChI=1S/C22H16ClFN2O4.H3N/c1-11-3-4-13(7-15(11)21(27)28)30-22-25-19-9-16(17(23)10-20(19)26-22)14-6-5-12(29-2)8-18(14)24;/h3-10H,1-2H3,(H,25,26)(H,27,28);1H3. The zero-order valence-electron chi connectivity index (χ0n) is 17.0. The normalized spacial score (nSPS) is 10.6. The van der Waals surface area contributed by atoms with Gasteiger partial charge in [0.15, 0.2) is 0 Å². The molecule has 0 saturated heterocycles. The number of ether oxygens (including phenoxy) is 2. The van der Waals surface area contributed by atoms with Gasteiger partial charge in [-0.25, -0.2) is 4.39 Å². The third-order valence-electron chi connectivity index (χ3n) is 4.66. The summed E-state index contributed by atoms with van der Waals surface area (Å²) in [6.45, 7) is 1.66. The number of carbonyl (C=O) groups is 1. The number of hydrogen-bond acceptors (Lipinski definition) is 5. The maximum absolute atomic E-state index is 14.5. The van der Waals surface area contributed by atoms with Gasteiger partial charge in [0, 0.05) is 22.8 Å². The summed E-state index contributed by atoms with van der Waals surface area (Å²) in [5.41, 5.74) is 2.46. The predicted octanol–water partition coefficient (Wildman–Crippen LogP) is 4.87. The van der Waals surface area contributed by atoms with Crippen LogP contribution >= 0.6 is 11.6 Å². The van der Waals surface area contributed by atoms with Gasteiger partial charge >= 0.3 is 0 Å². The number of benzene rings is 3. The topological polar surface area (TPSA) is 124 Å². The van der Waals surface area contributed by atoms with Crippen LogP contribution in [0.2, 0.25) is 5.02 Å². The number of fused-ring (bicyclic) bond motifs is 1. The van der Waals surface area contributed by atoms with Crippen LogP contribution in [0.3, 0.4) is 0 Å². The third kappa shape index (κ3) is 4.30. The first-order valence-electron chi connectivity index (χ1n) is 8.88. The fourth-order valence-corrected chi connectivity index (χ4v) is 3.36. The quantitative estimate of drug-likeness (QED) is 0.455. The summed E-state index contributed by atoms with van der Waals surface area (Å²) < 4.78 is 25.2. The van der Waals surface area contributed by atoms with E-state index in [-0.39, 0.29) is 23.5 Å². The smallest absolute Gasteiger partial charge is 0.300 e. The summed E-state index contributed by atoms with van der Waals surface area (Å²) in [5.74, 6) is -1.08. The Kier molecular flexibility index (Phi) is 6.14. The molecule has 9 heteroatoms. The number of nitrogens with one attached hydrogen (secondary N) is 1. The van der Waals surface area contributed by atoms with Gasteiger partial charge in [-0.3, -0.25) is 0 Å². The largest absolute Gasteiger partial charge is 0.545 e. The molecule has 7 nitrogen and oxygen atoms in total. The fraction of sp³-hybridized carbons (Fsp3) is 0.0909. The van der Waals surface area contributed by atoms with Crippen LogP contribution < -0.4 is 20.7 Å². The lowest BCUT2D eigenvalue weighted by molar-refractivity contribution is -0.255. The molecule has 0 spiro atoms. The summed E-state index contributed by atoms with van der Waals surface area (Å²) in [5, 5.41) is 11.5. The lowest BCUT2D eigenvalue weighted by atomic mass is 10.0. The van der Waals surface area contributed by atoms with Crippen LogP contribution in [0.1, 0.15) is 15.9 Å². The van der Waals surface area contributed by atoms with Crippen molar-refractivity contribution in [1.29, 1.82) is 0 Å². The number of quaternary nitrogens is 1.